The summed E-state index contributed by atoms with van der Waals surface area (Å²) in [4.78, 5) is 21.1. The van der Waals surface area contributed by atoms with E-state index in [1.807, 2.05) is 27.7 Å². The lowest BCUT2D eigenvalue weighted by Crippen LogP contribution is -2.37. The number of rotatable bonds is 9. The van der Waals surface area contributed by atoms with Crippen LogP contribution < -0.4 is 5.32 Å². The molecule has 9 heteroatoms. The largest absolute Gasteiger partial charge is 0.298 e. The molecule has 0 spiro atoms. The molecule has 0 unspecified atom stereocenters. The monoisotopic (exact) mass is 478 g/mol. The van der Waals surface area contributed by atoms with Crippen molar-refractivity contribution in [3.05, 3.63) is 40.4 Å². The molecular formula is C23H34N4O3S2. The maximum atomic E-state index is 13.2. The normalized spacial score (nSPS) is 14.9. The highest BCUT2D eigenvalue weighted by Gasteiger charge is 2.26. The van der Waals surface area contributed by atoms with Crippen molar-refractivity contribution < 1.29 is 13.2 Å². The number of benzene rings is 1. The van der Waals surface area contributed by atoms with Gasteiger partial charge in [0.25, 0.3) is 5.91 Å². The second kappa shape index (κ2) is 10.4. The first kappa shape index (κ1) is 24.8. The summed E-state index contributed by atoms with van der Waals surface area (Å²) in [6.07, 6.45) is 0.894. The number of sulfonamides is 1. The van der Waals surface area contributed by atoms with E-state index in [9.17, 15) is 13.2 Å². The lowest BCUT2D eigenvalue weighted by molar-refractivity contribution is 0.102. The fraction of sp³-hybridized carbons (Fsp3) is 0.565. The Kier molecular flexibility index (Phi) is 8.08. The zero-order chi connectivity index (χ0) is 23.5. The van der Waals surface area contributed by atoms with Crippen LogP contribution >= 0.6 is 11.3 Å². The highest BCUT2D eigenvalue weighted by Crippen LogP contribution is 2.28. The molecule has 7 nitrogen and oxygen atoms in total. The highest BCUT2D eigenvalue weighted by atomic mass is 32.2. The van der Waals surface area contributed by atoms with Crippen LogP contribution in [-0.4, -0.2) is 54.7 Å². The Morgan fingerprint density at radius 3 is 2.34 bits per heavy atom. The molecule has 1 amide bonds. The van der Waals surface area contributed by atoms with Gasteiger partial charge in [-0.05, 0) is 42.6 Å². The molecule has 2 heterocycles. The summed E-state index contributed by atoms with van der Waals surface area (Å²) in [6, 6.07) is 6.17. The molecule has 176 valence electrons. The van der Waals surface area contributed by atoms with Crippen molar-refractivity contribution in [1.82, 2.24) is 14.2 Å². The fourth-order valence-electron chi connectivity index (χ4n) is 3.75. The number of carbonyl (C=O) groups excluding carboxylic acids is 1. The maximum Gasteiger partial charge on any atom is 0.257 e. The Hall–Kier alpha value is -1.81. The summed E-state index contributed by atoms with van der Waals surface area (Å²) < 4.78 is 27.8. The van der Waals surface area contributed by atoms with Crippen LogP contribution in [0.2, 0.25) is 0 Å². The van der Waals surface area contributed by atoms with Crippen LogP contribution in [0, 0.1) is 11.8 Å². The van der Waals surface area contributed by atoms with Gasteiger partial charge in [-0.2, -0.15) is 4.31 Å². The molecule has 2 aromatic rings. The van der Waals surface area contributed by atoms with E-state index in [0.717, 1.165) is 31.7 Å². The predicted octanol–water partition coefficient (Wildman–Crippen LogP) is 4.08. The summed E-state index contributed by atoms with van der Waals surface area (Å²) in [6.45, 7) is 14.0. The standard InChI is InChI=1S/C23H34N4O3S2/c1-6-26-12-11-20-21(15-26)31-23(24-20)25-22(28)18-7-9-19(10-8-18)32(29,30)27(13-16(2)3)14-17(4)5/h7-10,16-17H,6,11-15H2,1-5H3,(H,24,25,28). The van der Waals surface area contributed by atoms with E-state index in [1.54, 1.807) is 12.1 Å². The van der Waals surface area contributed by atoms with Crippen LogP contribution in [0.3, 0.4) is 0 Å². The van der Waals surface area contributed by atoms with Gasteiger partial charge in [-0.3, -0.25) is 15.0 Å². The number of hydrogen-bond acceptors (Lipinski definition) is 6. The van der Waals surface area contributed by atoms with E-state index in [0.29, 0.717) is 23.8 Å². The Morgan fingerprint density at radius 2 is 1.78 bits per heavy atom. The summed E-state index contributed by atoms with van der Waals surface area (Å²) in [5.41, 5.74) is 1.47. The zero-order valence-electron chi connectivity index (χ0n) is 19.6. The number of aromatic nitrogens is 1. The van der Waals surface area contributed by atoms with Crippen LogP contribution in [0.1, 0.15) is 55.5 Å². The van der Waals surface area contributed by atoms with Crippen molar-refractivity contribution in [3.8, 4) is 0 Å². The number of nitrogens with one attached hydrogen (secondary N) is 1. The van der Waals surface area contributed by atoms with Crippen molar-refractivity contribution in [2.75, 3.05) is 31.5 Å². The average Bonchev–Trinajstić information content (AvgIpc) is 3.13. The third-order valence-electron chi connectivity index (χ3n) is 5.37. The minimum atomic E-state index is -3.62. The first-order valence-corrected chi connectivity index (χ1v) is 13.5. The van der Waals surface area contributed by atoms with Crippen molar-refractivity contribution >= 4 is 32.4 Å². The number of nitrogens with zero attached hydrogens (tertiary/aromatic N) is 3. The van der Waals surface area contributed by atoms with Crippen LogP contribution in [-0.2, 0) is 23.0 Å². The first-order valence-electron chi connectivity index (χ1n) is 11.2. The second-order valence-electron chi connectivity index (χ2n) is 9.10. The molecule has 0 fully saturated rings. The molecule has 0 saturated carbocycles. The molecule has 0 aliphatic carbocycles. The van der Waals surface area contributed by atoms with Crippen LogP contribution in [0.25, 0.3) is 0 Å². The number of fused-ring (bicyclic) bond motifs is 1. The lowest BCUT2D eigenvalue weighted by Gasteiger charge is -2.25. The third kappa shape index (κ3) is 5.95. The van der Waals surface area contributed by atoms with Gasteiger partial charge in [0.05, 0.1) is 10.6 Å². The van der Waals surface area contributed by atoms with Crippen molar-refractivity contribution in [3.63, 3.8) is 0 Å². The molecule has 0 radical (unpaired) electrons. The SMILES string of the molecule is CCN1CCc2nc(NC(=O)c3ccc(S(=O)(=O)N(CC(C)C)CC(C)C)cc3)sc2C1. The van der Waals surface area contributed by atoms with E-state index >= 15 is 0 Å². The number of thiazole rings is 1. The average molecular weight is 479 g/mol. The van der Waals surface area contributed by atoms with E-state index < -0.39 is 10.0 Å². The van der Waals surface area contributed by atoms with Gasteiger partial charge in [0.2, 0.25) is 10.0 Å². The third-order valence-corrected chi connectivity index (χ3v) is 8.21. The van der Waals surface area contributed by atoms with Gasteiger partial charge >= 0.3 is 0 Å². The number of carbonyl (C=O) groups is 1. The van der Waals surface area contributed by atoms with Crippen molar-refractivity contribution in [1.29, 1.82) is 0 Å². The van der Waals surface area contributed by atoms with E-state index in [2.05, 4.69) is 22.1 Å². The predicted molar refractivity (Wildman–Crippen MR) is 130 cm³/mol. The van der Waals surface area contributed by atoms with Crippen LogP contribution in [0.5, 0.6) is 0 Å². The molecule has 3 rings (SSSR count). The second-order valence-corrected chi connectivity index (χ2v) is 12.1. The zero-order valence-corrected chi connectivity index (χ0v) is 21.2. The molecule has 1 aromatic carbocycles. The first-order chi connectivity index (χ1) is 15.1. The van der Waals surface area contributed by atoms with E-state index in [-0.39, 0.29) is 22.6 Å². The summed E-state index contributed by atoms with van der Waals surface area (Å²) in [7, 11) is -3.62. The minimum Gasteiger partial charge on any atom is -0.298 e. The fourth-order valence-corrected chi connectivity index (χ4v) is 6.57. The van der Waals surface area contributed by atoms with Crippen molar-refractivity contribution in [2.45, 2.75) is 52.5 Å². The molecule has 0 bridgehead atoms. The Morgan fingerprint density at radius 1 is 1.16 bits per heavy atom. The number of amides is 1. The van der Waals surface area contributed by atoms with Crippen molar-refractivity contribution in [2.24, 2.45) is 11.8 Å². The summed E-state index contributed by atoms with van der Waals surface area (Å²) in [5.74, 6) is 0.165. The quantitative estimate of drug-likeness (QED) is 0.587. The van der Waals surface area contributed by atoms with Gasteiger partial charge in [0.15, 0.2) is 5.13 Å². The minimum absolute atomic E-state index is 0.208. The Bertz CT molecular complexity index is 1020. The van der Waals surface area contributed by atoms with Gasteiger partial charge < -0.3 is 0 Å². The molecule has 1 aliphatic heterocycles. The van der Waals surface area contributed by atoms with Crippen LogP contribution in [0.4, 0.5) is 5.13 Å². The van der Waals surface area contributed by atoms with Gasteiger partial charge in [0.1, 0.15) is 0 Å². The van der Waals surface area contributed by atoms with Gasteiger partial charge in [-0.15, -0.1) is 11.3 Å². The lowest BCUT2D eigenvalue weighted by atomic mass is 10.2. The Labute approximate surface area is 195 Å². The van der Waals surface area contributed by atoms with Crippen LogP contribution in [0.15, 0.2) is 29.2 Å². The Balaban J connectivity index is 1.72. The molecule has 0 saturated heterocycles. The number of hydrogen-bond donors (Lipinski definition) is 1. The number of likely N-dealkylation sites (N-methyl/N-ethyl adjacent to an activating group) is 1. The highest BCUT2D eigenvalue weighted by molar-refractivity contribution is 7.89. The molecular weight excluding hydrogens is 444 g/mol. The van der Waals surface area contributed by atoms with E-state index in [1.165, 1.54) is 32.7 Å². The molecule has 0 atom stereocenters. The molecule has 32 heavy (non-hydrogen) atoms. The molecule has 1 aliphatic rings. The molecule has 1 N–H and O–H groups in total. The summed E-state index contributed by atoms with van der Waals surface area (Å²) in [5, 5.41) is 3.46. The number of anilines is 1. The summed E-state index contributed by atoms with van der Waals surface area (Å²) >= 11 is 1.51. The van der Waals surface area contributed by atoms with Gasteiger partial charge in [0, 0.05) is 43.0 Å². The smallest absolute Gasteiger partial charge is 0.257 e. The van der Waals surface area contributed by atoms with Gasteiger partial charge in [-0.25, -0.2) is 13.4 Å². The van der Waals surface area contributed by atoms with Gasteiger partial charge in [-0.1, -0.05) is 34.6 Å². The maximum absolute atomic E-state index is 13.2. The van der Waals surface area contributed by atoms with E-state index in [4.69, 9.17) is 0 Å². The topological polar surface area (TPSA) is 82.6 Å². The molecule has 1 aromatic heterocycles.